The Morgan fingerprint density at radius 2 is 1.96 bits per heavy atom. The van der Waals surface area contributed by atoms with Crippen molar-refractivity contribution in [3.63, 3.8) is 0 Å². The fourth-order valence-corrected chi connectivity index (χ4v) is 3.88. The molecule has 3 rings (SSSR count). The van der Waals surface area contributed by atoms with Crippen LogP contribution in [0.5, 0.6) is 0 Å². The first-order chi connectivity index (χ1) is 11.6. The number of carbonyl (C=O) groups excluding carboxylic acids is 1. The predicted molar refractivity (Wildman–Crippen MR) is 98.9 cm³/mol. The summed E-state index contributed by atoms with van der Waals surface area (Å²) in [5, 5.41) is 7.55. The standard InChI is InChI=1S/C18H25Cl2N3O/c19-15-4-3-14(13-16(15)20)18(5-1-6-18)17(24)22-7-2-10-23-11-8-21-9-12-23/h3-4,13,21H,1-2,5-12H2,(H,22,24). The minimum atomic E-state index is -0.413. The number of rotatable bonds is 6. The van der Waals surface area contributed by atoms with Gasteiger partial charge in [-0.1, -0.05) is 35.7 Å². The number of nitrogens with zero attached hydrogens (tertiary/aromatic N) is 1. The number of hydrogen-bond donors (Lipinski definition) is 2. The molecule has 1 aromatic rings. The summed E-state index contributed by atoms with van der Waals surface area (Å²) in [6.45, 7) is 6.09. The number of nitrogens with one attached hydrogen (secondary N) is 2. The van der Waals surface area contributed by atoms with Gasteiger partial charge in [-0.3, -0.25) is 4.79 Å². The molecule has 132 valence electrons. The Kier molecular flexibility index (Phi) is 6.03. The second-order valence-corrected chi connectivity index (χ2v) is 7.58. The number of halogens is 2. The third-order valence-corrected chi connectivity index (χ3v) is 6.00. The molecule has 0 spiro atoms. The zero-order chi connectivity index (χ0) is 17.0. The second kappa shape index (κ2) is 8.05. The minimum Gasteiger partial charge on any atom is -0.355 e. The van der Waals surface area contributed by atoms with Crippen LogP contribution in [0.2, 0.25) is 10.0 Å². The summed E-state index contributed by atoms with van der Waals surface area (Å²) in [4.78, 5) is 15.2. The Morgan fingerprint density at radius 3 is 2.58 bits per heavy atom. The third kappa shape index (κ3) is 3.88. The van der Waals surface area contributed by atoms with E-state index >= 15 is 0 Å². The molecular weight excluding hydrogens is 345 g/mol. The lowest BCUT2D eigenvalue weighted by atomic mass is 9.64. The molecule has 1 aromatic carbocycles. The van der Waals surface area contributed by atoms with Crippen molar-refractivity contribution in [2.75, 3.05) is 39.3 Å². The molecule has 1 amide bonds. The first-order valence-electron chi connectivity index (χ1n) is 8.79. The van der Waals surface area contributed by atoms with Crippen molar-refractivity contribution in [2.24, 2.45) is 0 Å². The van der Waals surface area contributed by atoms with Crippen LogP contribution in [0.4, 0.5) is 0 Å². The summed E-state index contributed by atoms with van der Waals surface area (Å²) >= 11 is 12.2. The Hall–Kier alpha value is -0.810. The molecule has 0 atom stereocenters. The maximum Gasteiger partial charge on any atom is 0.230 e. The van der Waals surface area contributed by atoms with E-state index in [2.05, 4.69) is 15.5 Å². The van der Waals surface area contributed by atoms with Gasteiger partial charge in [-0.05, 0) is 43.5 Å². The quantitative estimate of drug-likeness (QED) is 0.757. The Balaban J connectivity index is 1.53. The highest BCUT2D eigenvalue weighted by Gasteiger charge is 2.45. The second-order valence-electron chi connectivity index (χ2n) is 6.77. The van der Waals surface area contributed by atoms with Gasteiger partial charge in [-0.25, -0.2) is 0 Å². The first-order valence-corrected chi connectivity index (χ1v) is 9.54. The summed E-state index contributed by atoms with van der Waals surface area (Å²) < 4.78 is 0. The number of amides is 1. The van der Waals surface area contributed by atoms with Crippen LogP contribution in [0.3, 0.4) is 0 Å². The highest BCUT2D eigenvalue weighted by molar-refractivity contribution is 6.42. The first kappa shape index (κ1) is 18.0. The van der Waals surface area contributed by atoms with E-state index in [0.717, 1.165) is 70.5 Å². The van der Waals surface area contributed by atoms with E-state index in [9.17, 15) is 4.79 Å². The normalized spacial score (nSPS) is 20.4. The molecule has 0 radical (unpaired) electrons. The van der Waals surface area contributed by atoms with Crippen LogP contribution >= 0.6 is 23.2 Å². The van der Waals surface area contributed by atoms with Gasteiger partial charge in [0, 0.05) is 32.7 Å². The molecule has 2 N–H and O–H groups in total. The molecule has 1 aliphatic carbocycles. The lowest BCUT2D eigenvalue weighted by molar-refractivity contribution is -0.129. The molecule has 6 heteroatoms. The molecule has 2 aliphatic rings. The van der Waals surface area contributed by atoms with E-state index in [1.54, 1.807) is 6.07 Å². The number of piperazine rings is 1. The Labute approximate surface area is 153 Å². The van der Waals surface area contributed by atoms with Crippen molar-refractivity contribution in [2.45, 2.75) is 31.1 Å². The number of hydrogen-bond acceptors (Lipinski definition) is 3. The van der Waals surface area contributed by atoms with Crippen LogP contribution < -0.4 is 10.6 Å². The Bertz CT molecular complexity index is 584. The van der Waals surface area contributed by atoms with Gasteiger partial charge in [0.1, 0.15) is 0 Å². The zero-order valence-corrected chi connectivity index (χ0v) is 15.4. The van der Waals surface area contributed by atoms with Crippen molar-refractivity contribution >= 4 is 29.1 Å². The van der Waals surface area contributed by atoms with Gasteiger partial charge in [0.05, 0.1) is 15.5 Å². The molecule has 24 heavy (non-hydrogen) atoms. The maximum absolute atomic E-state index is 12.8. The van der Waals surface area contributed by atoms with Crippen LogP contribution in [0.25, 0.3) is 0 Å². The van der Waals surface area contributed by atoms with Crippen LogP contribution in [0, 0.1) is 0 Å². The van der Waals surface area contributed by atoms with E-state index in [1.807, 2.05) is 12.1 Å². The monoisotopic (exact) mass is 369 g/mol. The smallest absolute Gasteiger partial charge is 0.230 e. The molecule has 1 heterocycles. The van der Waals surface area contributed by atoms with Crippen molar-refractivity contribution in [3.05, 3.63) is 33.8 Å². The lowest BCUT2D eigenvalue weighted by Gasteiger charge is -2.41. The number of benzene rings is 1. The largest absolute Gasteiger partial charge is 0.355 e. The molecular formula is C18H25Cl2N3O. The molecule has 4 nitrogen and oxygen atoms in total. The average Bonchev–Trinajstić information content (AvgIpc) is 2.55. The summed E-state index contributed by atoms with van der Waals surface area (Å²) in [6.07, 6.45) is 3.83. The molecule has 1 saturated heterocycles. The zero-order valence-electron chi connectivity index (χ0n) is 13.9. The maximum atomic E-state index is 12.8. The van der Waals surface area contributed by atoms with E-state index < -0.39 is 5.41 Å². The lowest BCUT2D eigenvalue weighted by Crippen LogP contribution is -2.50. The van der Waals surface area contributed by atoms with Crippen LogP contribution in [-0.4, -0.2) is 50.1 Å². The fourth-order valence-electron chi connectivity index (χ4n) is 3.58. The van der Waals surface area contributed by atoms with Gasteiger partial charge in [0.25, 0.3) is 0 Å². The van der Waals surface area contributed by atoms with Crippen LogP contribution in [-0.2, 0) is 10.2 Å². The van der Waals surface area contributed by atoms with Crippen LogP contribution in [0.15, 0.2) is 18.2 Å². The summed E-state index contributed by atoms with van der Waals surface area (Å²) in [5.74, 6) is 0.132. The van der Waals surface area contributed by atoms with Crippen molar-refractivity contribution < 1.29 is 4.79 Å². The Morgan fingerprint density at radius 1 is 1.21 bits per heavy atom. The van der Waals surface area contributed by atoms with Gasteiger partial charge >= 0.3 is 0 Å². The topological polar surface area (TPSA) is 44.4 Å². The highest BCUT2D eigenvalue weighted by Crippen LogP contribution is 2.45. The third-order valence-electron chi connectivity index (χ3n) is 5.26. The van der Waals surface area contributed by atoms with Gasteiger partial charge in [-0.15, -0.1) is 0 Å². The molecule has 0 aromatic heterocycles. The van der Waals surface area contributed by atoms with Crippen molar-refractivity contribution in [1.29, 1.82) is 0 Å². The molecule has 0 bridgehead atoms. The highest BCUT2D eigenvalue weighted by atomic mass is 35.5. The van der Waals surface area contributed by atoms with E-state index in [0.29, 0.717) is 10.0 Å². The molecule has 1 aliphatic heterocycles. The van der Waals surface area contributed by atoms with E-state index in [-0.39, 0.29) is 5.91 Å². The van der Waals surface area contributed by atoms with E-state index in [1.165, 1.54) is 0 Å². The van der Waals surface area contributed by atoms with Gasteiger partial charge in [-0.2, -0.15) is 0 Å². The molecule has 0 unspecified atom stereocenters. The summed E-state index contributed by atoms with van der Waals surface area (Å²) in [5.41, 5.74) is 0.575. The van der Waals surface area contributed by atoms with Gasteiger partial charge in [0.15, 0.2) is 0 Å². The fraction of sp³-hybridized carbons (Fsp3) is 0.611. The van der Waals surface area contributed by atoms with Gasteiger partial charge < -0.3 is 15.5 Å². The summed E-state index contributed by atoms with van der Waals surface area (Å²) in [6, 6.07) is 5.58. The molecule has 1 saturated carbocycles. The van der Waals surface area contributed by atoms with Crippen molar-refractivity contribution in [1.82, 2.24) is 15.5 Å². The average molecular weight is 370 g/mol. The van der Waals surface area contributed by atoms with Gasteiger partial charge in [0.2, 0.25) is 5.91 Å². The summed E-state index contributed by atoms with van der Waals surface area (Å²) in [7, 11) is 0. The molecule has 2 fully saturated rings. The minimum absolute atomic E-state index is 0.132. The van der Waals surface area contributed by atoms with E-state index in [4.69, 9.17) is 23.2 Å². The number of carbonyl (C=O) groups is 1. The van der Waals surface area contributed by atoms with Crippen molar-refractivity contribution in [3.8, 4) is 0 Å². The predicted octanol–water partition coefficient (Wildman–Crippen LogP) is 2.83. The SMILES string of the molecule is O=C(NCCCN1CCNCC1)C1(c2ccc(Cl)c(Cl)c2)CCC1. The van der Waals surface area contributed by atoms with Crippen LogP contribution in [0.1, 0.15) is 31.2 Å².